The standard InChI is InChI=1S/C6H11NO/c1-4-3-5(2)7-6(4)8/h4-5H,3H2,1-2H3,(H,7,8)/t4-,5-/m0/s1. The van der Waals surface area contributed by atoms with Crippen molar-refractivity contribution in [2.24, 2.45) is 5.92 Å². The van der Waals surface area contributed by atoms with Gasteiger partial charge in [-0.2, -0.15) is 0 Å². The van der Waals surface area contributed by atoms with Crippen LogP contribution in [0.15, 0.2) is 0 Å². The molecule has 0 aliphatic carbocycles. The van der Waals surface area contributed by atoms with Gasteiger partial charge in [-0.1, -0.05) is 6.92 Å². The van der Waals surface area contributed by atoms with Crippen LogP contribution >= 0.6 is 0 Å². The average Bonchev–Trinajstić information content (AvgIpc) is 1.85. The van der Waals surface area contributed by atoms with Gasteiger partial charge in [0.1, 0.15) is 0 Å². The third kappa shape index (κ3) is 0.831. The Morgan fingerprint density at radius 1 is 1.62 bits per heavy atom. The van der Waals surface area contributed by atoms with Crippen LogP contribution in [-0.2, 0) is 4.79 Å². The van der Waals surface area contributed by atoms with Crippen molar-refractivity contribution in [1.82, 2.24) is 5.32 Å². The maximum Gasteiger partial charge on any atom is 0.223 e. The highest BCUT2D eigenvalue weighted by molar-refractivity contribution is 5.80. The summed E-state index contributed by atoms with van der Waals surface area (Å²) in [5.41, 5.74) is 0. The highest BCUT2D eigenvalue weighted by Gasteiger charge is 2.24. The molecule has 0 aromatic heterocycles. The lowest BCUT2D eigenvalue weighted by Crippen LogP contribution is -2.22. The van der Waals surface area contributed by atoms with E-state index in [9.17, 15) is 4.79 Å². The second kappa shape index (κ2) is 1.77. The molecule has 1 fully saturated rings. The van der Waals surface area contributed by atoms with Crippen molar-refractivity contribution in [3.8, 4) is 0 Å². The van der Waals surface area contributed by atoms with Crippen molar-refractivity contribution < 1.29 is 4.79 Å². The first-order chi connectivity index (χ1) is 3.70. The quantitative estimate of drug-likeness (QED) is 0.488. The van der Waals surface area contributed by atoms with E-state index in [0.29, 0.717) is 6.04 Å². The van der Waals surface area contributed by atoms with Crippen molar-refractivity contribution in [2.75, 3.05) is 0 Å². The van der Waals surface area contributed by atoms with E-state index in [0.717, 1.165) is 6.42 Å². The highest BCUT2D eigenvalue weighted by Crippen LogP contribution is 2.12. The van der Waals surface area contributed by atoms with Crippen LogP contribution < -0.4 is 5.32 Å². The second-order valence-electron chi connectivity index (χ2n) is 2.55. The molecule has 0 unspecified atom stereocenters. The van der Waals surface area contributed by atoms with E-state index in [2.05, 4.69) is 5.32 Å². The Labute approximate surface area is 49.3 Å². The summed E-state index contributed by atoms with van der Waals surface area (Å²) >= 11 is 0. The fourth-order valence-corrected chi connectivity index (χ4v) is 1.08. The van der Waals surface area contributed by atoms with Crippen LogP contribution in [0.1, 0.15) is 20.3 Å². The molecule has 2 nitrogen and oxygen atoms in total. The number of hydrogen-bond donors (Lipinski definition) is 1. The molecule has 1 aliphatic heterocycles. The lowest BCUT2D eigenvalue weighted by atomic mass is 10.1. The zero-order chi connectivity index (χ0) is 6.15. The summed E-state index contributed by atoms with van der Waals surface area (Å²) in [5.74, 6) is 0.447. The van der Waals surface area contributed by atoms with E-state index in [1.165, 1.54) is 0 Å². The van der Waals surface area contributed by atoms with Gasteiger partial charge >= 0.3 is 0 Å². The van der Waals surface area contributed by atoms with E-state index < -0.39 is 0 Å². The van der Waals surface area contributed by atoms with Crippen LogP contribution in [0.5, 0.6) is 0 Å². The average molecular weight is 113 g/mol. The summed E-state index contributed by atoms with van der Waals surface area (Å²) in [6.07, 6.45) is 0.999. The SMILES string of the molecule is C[C@H]1C[C@H](C)C(=O)N1. The number of hydrogen-bond acceptors (Lipinski definition) is 1. The molecular formula is C6H11NO. The number of carbonyl (C=O) groups excluding carboxylic acids is 1. The minimum Gasteiger partial charge on any atom is -0.353 e. The Bertz CT molecular complexity index is 111. The molecule has 0 aromatic rings. The lowest BCUT2D eigenvalue weighted by molar-refractivity contribution is -0.122. The molecule has 46 valence electrons. The molecule has 1 N–H and O–H groups in total. The monoisotopic (exact) mass is 113 g/mol. The van der Waals surface area contributed by atoms with Crippen LogP contribution in [0.4, 0.5) is 0 Å². The van der Waals surface area contributed by atoms with Gasteiger partial charge in [-0.05, 0) is 13.3 Å². The normalized spacial score (nSPS) is 37.5. The predicted octanol–water partition coefficient (Wildman–Crippen LogP) is 0.531. The van der Waals surface area contributed by atoms with E-state index in [4.69, 9.17) is 0 Å². The molecule has 1 rings (SSSR count). The molecule has 0 aromatic carbocycles. The number of nitrogens with one attached hydrogen (secondary N) is 1. The molecule has 0 radical (unpaired) electrons. The maximum atomic E-state index is 10.7. The fraction of sp³-hybridized carbons (Fsp3) is 0.833. The van der Waals surface area contributed by atoms with Crippen LogP contribution in [0.25, 0.3) is 0 Å². The van der Waals surface area contributed by atoms with Crippen LogP contribution in [0.2, 0.25) is 0 Å². The first kappa shape index (κ1) is 5.60. The zero-order valence-corrected chi connectivity index (χ0v) is 5.27. The highest BCUT2D eigenvalue weighted by atomic mass is 16.2. The maximum absolute atomic E-state index is 10.7. The Kier molecular flexibility index (Phi) is 1.24. The molecule has 2 atom stereocenters. The van der Waals surface area contributed by atoms with Gasteiger partial charge in [0.15, 0.2) is 0 Å². The van der Waals surface area contributed by atoms with E-state index in [1.807, 2.05) is 13.8 Å². The van der Waals surface area contributed by atoms with Gasteiger partial charge in [-0.25, -0.2) is 0 Å². The van der Waals surface area contributed by atoms with Crippen molar-refractivity contribution in [1.29, 1.82) is 0 Å². The van der Waals surface area contributed by atoms with Crippen molar-refractivity contribution in [2.45, 2.75) is 26.3 Å². The zero-order valence-electron chi connectivity index (χ0n) is 5.27. The number of amides is 1. The Hall–Kier alpha value is -0.530. The summed E-state index contributed by atoms with van der Waals surface area (Å²) in [6.45, 7) is 3.99. The van der Waals surface area contributed by atoms with Crippen molar-refractivity contribution in [3.05, 3.63) is 0 Å². The van der Waals surface area contributed by atoms with Gasteiger partial charge in [0, 0.05) is 12.0 Å². The van der Waals surface area contributed by atoms with Crippen LogP contribution in [0, 0.1) is 5.92 Å². The Balaban J connectivity index is 2.51. The number of carbonyl (C=O) groups is 1. The second-order valence-corrected chi connectivity index (χ2v) is 2.55. The molecule has 2 heteroatoms. The van der Waals surface area contributed by atoms with E-state index >= 15 is 0 Å². The smallest absolute Gasteiger partial charge is 0.223 e. The van der Waals surface area contributed by atoms with E-state index in [-0.39, 0.29) is 11.8 Å². The molecule has 0 bridgehead atoms. The minimum absolute atomic E-state index is 0.206. The van der Waals surface area contributed by atoms with Gasteiger partial charge in [-0.3, -0.25) is 4.79 Å². The minimum atomic E-state index is 0.206. The predicted molar refractivity (Wildman–Crippen MR) is 31.4 cm³/mol. The molecule has 1 amide bonds. The molecule has 8 heavy (non-hydrogen) atoms. The van der Waals surface area contributed by atoms with Crippen molar-refractivity contribution in [3.63, 3.8) is 0 Å². The Morgan fingerprint density at radius 2 is 2.25 bits per heavy atom. The summed E-state index contributed by atoms with van der Waals surface area (Å²) < 4.78 is 0. The largest absolute Gasteiger partial charge is 0.353 e. The fourth-order valence-electron chi connectivity index (χ4n) is 1.08. The lowest BCUT2D eigenvalue weighted by Gasteiger charge is -1.95. The molecule has 1 saturated heterocycles. The summed E-state index contributed by atoms with van der Waals surface area (Å²) in [6, 6.07) is 0.400. The van der Waals surface area contributed by atoms with Gasteiger partial charge < -0.3 is 5.32 Å². The summed E-state index contributed by atoms with van der Waals surface area (Å²) in [4.78, 5) is 10.7. The van der Waals surface area contributed by atoms with Gasteiger partial charge in [0.05, 0.1) is 0 Å². The molecule has 1 heterocycles. The van der Waals surface area contributed by atoms with E-state index in [1.54, 1.807) is 0 Å². The van der Waals surface area contributed by atoms with Gasteiger partial charge in [-0.15, -0.1) is 0 Å². The Morgan fingerprint density at radius 3 is 2.38 bits per heavy atom. The van der Waals surface area contributed by atoms with Gasteiger partial charge in [0.25, 0.3) is 0 Å². The number of rotatable bonds is 0. The van der Waals surface area contributed by atoms with Crippen LogP contribution in [0.3, 0.4) is 0 Å². The molecule has 0 saturated carbocycles. The first-order valence-corrected chi connectivity index (χ1v) is 3.00. The third-order valence-corrected chi connectivity index (χ3v) is 1.54. The first-order valence-electron chi connectivity index (χ1n) is 3.00. The van der Waals surface area contributed by atoms with Crippen molar-refractivity contribution >= 4 is 5.91 Å². The topological polar surface area (TPSA) is 29.1 Å². The third-order valence-electron chi connectivity index (χ3n) is 1.54. The van der Waals surface area contributed by atoms with Gasteiger partial charge in [0.2, 0.25) is 5.91 Å². The molecule has 0 spiro atoms. The molecular weight excluding hydrogens is 102 g/mol. The van der Waals surface area contributed by atoms with Crippen LogP contribution in [-0.4, -0.2) is 11.9 Å². The molecule has 1 aliphatic rings. The summed E-state index contributed by atoms with van der Waals surface area (Å²) in [7, 11) is 0. The summed E-state index contributed by atoms with van der Waals surface area (Å²) in [5, 5.41) is 2.83.